The molecule has 0 aromatic heterocycles. The van der Waals surface area contributed by atoms with E-state index >= 15 is 0 Å². The Morgan fingerprint density at radius 2 is 1.82 bits per heavy atom. The predicted molar refractivity (Wildman–Crippen MR) is 129 cm³/mol. The van der Waals surface area contributed by atoms with Gasteiger partial charge in [0.25, 0.3) is 11.8 Å². The average molecular weight is 562 g/mol. The molecule has 0 saturated heterocycles. The van der Waals surface area contributed by atoms with Gasteiger partial charge in [-0.25, -0.2) is 8.78 Å². The van der Waals surface area contributed by atoms with Crippen LogP contribution in [-0.2, 0) is 6.18 Å². The lowest BCUT2D eigenvalue weighted by Crippen LogP contribution is -2.32. The van der Waals surface area contributed by atoms with Crippen LogP contribution in [0.15, 0.2) is 48.5 Å². The van der Waals surface area contributed by atoms with E-state index in [1.54, 1.807) is 0 Å². The SMILES string of the molecule is N#CC1CC(Oc2cc(NC(=O)c3cc(F)cc(C(F)(F)F)c3)c3c(c2)C(=O)NC3c2cc(F)ccc2Cl)C1. The number of carbonyl (C=O) groups is 2. The molecule has 1 aliphatic carbocycles. The summed E-state index contributed by atoms with van der Waals surface area (Å²) in [5, 5.41) is 14.3. The fraction of sp³-hybridized carbons (Fsp3) is 0.222. The Morgan fingerprint density at radius 1 is 1.08 bits per heavy atom. The van der Waals surface area contributed by atoms with Gasteiger partial charge in [-0.05, 0) is 42.5 Å². The summed E-state index contributed by atoms with van der Waals surface area (Å²) in [6.45, 7) is 0. The molecule has 1 fully saturated rings. The zero-order valence-electron chi connectivity index (χ0n) is 19.7. The number of rotatable bonds is 5. The Morgan fingerprint density at radius 3 is 2.51 bits per heavy atom. The van der Waals surface area contributed by atoms with Gasteiger partial charge in [-0.3, -0.25) is 9.59 Å². The van der Waals surface area contributed by atoms with E-state index in [9.17, 15) is 31.5 Å². The summed E-state index contributed by atoms with van der Waals surface area (Å²) in [4.78, 5) is 26.0. The lowest BCUT2D eigenvalue weighted by Gasteiger charge is -2.31. The molecule has 1 unspecified atom stereocenters. The van der Waals surface area contributed by atoms with Gasteiger partial charge < -0.3 is 15.4 Å². The quantitative estimate of drug-likeness (QED) is 0.353. The monoisotopic (exact) mass is 561 g/mol. The Labute approximate surface area is 223 Å². The molecule has 0 bridgehead atoms. The van der Waals surface area contributed by atoms with E-state index < -0.39 is 46.8 Å². The van der Waals surface area contributed by atoms with E-state index in [-0.39, 0.29) is 51.2 Å². The average Bonchev–Trinajstić information content (AvgIpc) is 3.18. The fourth-order valence-corrected chi connectivity index (χ4v) is 4.81. The van der Waals surface area contributed by atoms with E-state index in [1.165, 1.54) is 18.2 Å². The van der Waals surface area contributed by atoms with Crippen molar-refractivity contribution in [3.63, 3.8) is 0 Å². The molecule has 0 spiro atoms. The number of halogens is 6. The molecule has 3 aromatic rings. The van der Waals surface area contributed by atoms with Crippen LogP contribution in [-0.4, -0.2) is 17.9 Å². The van der Waals surface area contributed by atoms with Crippen molar-refractivity contribution in [1.82, 2.24) is 5.32 Å². The van der Waals surface area contributed by atoms with Crippen molar-refractivity contribution >= 4 is 29.1 Å². The maximum atomic E-state index is 14.1. The molecule has 200 valence electrons. The van der Waals surface area contributed by atoms with Gasteiger partial charge in [-0.15, -0.1) is 0 Å². The molecule has 1 aliphatic heterocycles. The number of ether oxygens (including phenoxy) is 1. The minimum absolute atomic E-state index is 0.0369. The zero-order chi connectivity index (χ0) is 28.1. The van der Waals surface area contributed by atoms with Crippen LogP contribution in [0.1, 0.15) is 56.3 Å². The van der Waals surface area contributed by atoms with E-state index in [2.05, 4.69) is 16.7 Å². The standard InChI is InChI=1S/C27H17ClF5N3O3/c28-21-2-1-15(29)8-19(21)24-23-20(26(38)36-24)9-18(39-17-3-12(4-17)11-34)10-22(23)35-25(37)13-5-14(27(31,32)33)7-16(30)6-13/h1-2,5-10,12,17,24H,3-4H2,(H,35,37)(H,36,38). The first-order chi connectivity index (χ1) is 18.4. The molecule has 1 atom stereocenters. The third-order valence-corrected chi connectivity index (χ3v) is 6.89. The molecule has 39 heavy (non-hydrogen) atoms. The molecule has 0 radical (unpaired) electrons. The summed E-state index contributed by atoms with van der Waals surface area (Å²) in [6.07, 6.45) is -4.32. The summed E-state index contributed by atoms with van der Waals surface area (Å²) < 4.78 is 73.6. The van der Waals surface area contributed by atoms with Crippen LogP contribution in [0.25, 0.3) is 0 Å². The molecule has 1 saturated carbocycles. The Hall–Kier alpha value is -4.17. The van der Waals surface area contributed by atoms with E-state index in [4.69, 9.17) is 21.6 Å². The highest BCUT2D eigenvalue weighted by Gasteiger charge is 2.37. The third-order valence-electron chi connectivity index (χ3n) is 6.55. The van der Waals surface area contributed by atoms with Crippen molar-refractivity contribution in [2.75, 3.05) is 5.32 Å². The largest absolute Gasteiger partial charge is 0.490 e. The van der Waals surface area contributed by atoms with Gasteiger partial charge in [0, 0.05) is 40.6 Å². The first-order valence-electron chi connectivity index (χ1n) is 11.6. The summed E-state index contributed by atoms with van der Waals surface area (Å²) in [5.41, 5.74) is -1.60. The van der Waals surface area contributed by atoms with Crippen LogP contribution in [0, 0.1) is 28.9 Å². The van der Waals surface area contributed by atoms with Crippen LogP contribution in [0.4, 0.5) is 27.6 Å². The fourth-order valence-electron chi connectivity index (χ4n) is 4.59. The van der Waals surface area contributed by atoms with E-state index in [1.807, 2.05) is 0 Å². The van der Waals surface area contributed by atoms with E-state index in [0.29, 0.717) is 25.0 Å². The van der Waals surface area contributed by atoms with Gasteiger partial charge in [0.15, 0.2) is 0 Å². The second-order valence-electron chi connectivity index (χ2n) is 9.22. The van der Waals surface area contributed by atoms with Gasteiger partial charge >= 0.3 is 6.18 Å². The number of carbonyl (C=O) groups excluding carboxylic acids is 2. The highest BCUT2D eigenvalue weighted by molar-refractivity contribution is 6.31. The lowest BCUT2D eigenvalue weighted by atomic mass is 9.83. The van der Waals surface area contributed by atoms with Crippen LogP contribution >= 0.6 is 11.6 Å². The molecule has 2 aliphatic rings. The number of benzene rings is 3. The number of nitrogens with one attached hydrogen (secondary N) is 2. The number of hydrogen-bond acceptors (Lipinski definition) is 4. The smallest absolute Gasteiger partial charge is 0.416 e. The number of nitrogens with zero attached hydrogens (tertiary/aromatic N) is 1. The second kappa shape index (κ2) is 9.85. The second-order valence-corrected chi connectivity index (χ2v) is 9.63. The first-order valence-corrected chi connectivity index (χ1v) is 12.0. The molecule has 2 amide bonds. The maximum Gasteiger partial charge on any atom is 0.416 e. The van der Waals surface area contributed by atoms with Crippen LogP contribution in [0.2, 0.25) is 5.02 Å². The Bertz CT molecular complexity index is 1550. The highest BCUT2D eigenvalue weighted by Crippen LogP contribution is 2.43. The molecule has 3 aromatic carbocycles. The van der Waals surface area contributed by atoms with Crippen molar-refractivity contribution in [2.45, 2.75) is 31.2 Å². The minimum Gasteiger partial charge on any atom is -0.490 e. The Kier molecular flexibility index (Phi) is 6.68. The molecule has 6 nitrogen and oxygen atoms in total. The summed E-state index contributed by atoms with van der Waals surface area (Å²) in [6, 6.07) is 8.80. The predicted octanol–water partition coefficient (Wildman–Crippen LogP) is 6.40. The third kappa shape index (κ3) is 5.25. The van der Waals surface area contributed by atoms with Crippen LogP contribution in [0.3, 0.4) is 0 Å². The number of fused-ring (bicyclic) bond motifs is 1. The van der Waals surface area contributed by atoms with Gasteiger partial charge in [0.05, 0.1) is 34.8 Å². The molecule has 12 heteroatoms. The Balaban J connectivity index is 1.57. The van der Waals surface area contributed by atoms with Crippen LogP contribution < -0.4 is 15.4 Å². The van der Waals surface area contributed by atoms with Crippen molar-refractivity contribution in [1.29, 1.82) is 5.26 Å². The highest BCUT2D eigenvalue weighted by atomic mass is 35.5. The number of nitriles is 1. The van der Waals surface area contributed by atoms with Crippen molar-refractivity contribution in [3.8, 4) is 11.8 Å². The number of anilines is 1. The van der Waals surface area contributed by atoms with E-state index in [0.717, 1.165) is 12.1 Å². The number of amides is 2. The molecule has 1 heterocycles. The summed E-state index contributed by atoms with van der Waals surface area (Å²) >= 11 is 6.27. The van der Waals surface area contributed by atoms with Crippen molar-refractivity contribution < 1.29 is 36.3 Å². The molecule has 5 rings (SSSR count). The minimum atomic E-state index is -4.90. The van der Waals surface area contributed by atoms with Crippen molar-refractivity contribution in [3.05, 3.63) is 93.0 Å². The first kappa shape index (κ1) is 26.4. The number of hydrogen-bond donors (Lipinski definition) is 2. The van der Waals surface area contributed by atoms with Gasteiger partial charge in [0.1, 0.15) is 23.5 Å². The van der Waals surface area contributed by atoms with Crippen molar-refractivity contribution in [2.24, 2.45) is 5.92 Å². The van der Waals surface area contributed by atoms with Gasteiger partial charge in [-0.2, -0.15) is 18.4 Å². The van der Waals surface area contributed by atoms with Gasteiger partial charge in [-0.1, -0.05) is 11.6 Å². The molecular weight excluding hydrogens is 545 g/mol. The molecule has 2 N–H and O–H groups in total. The summed E-state index contributed by atoms with van der Waals surface area (Å²) in [7, 11) is 0. The maximum absolute atomic E-state index is 14.1. The van der Waals surface area contributed by atoms with Crippen LogP contribution in [0.5, 0.6) is 5.75 Å². The normalized spacial score (nSPS) is 19.9. The van der Waals surface area contributed by atoms with Gasteiger partial charge in [0.2, 0.25) is 0 Å². The zero-order valence-corrected chi connectivity index (χ0v) is 20.5. The number of alkyl halides is 3. The molecular formula is C27H17ClF5N3O3. The lowest BCUT2D eigenvalue weighted by molar-refractivity contribution is -0.137. The topological polar surface area (TPSA) is 91.2 Å². The summed E-state index contributed by atoms with van der Waals surface area (Å²) in [5.74, 6) is -3.61.